The van der Waals surface area contributed by atoms with Gasteiger partial charge in [0.25, 0.3) is 0 Å². The van der Waals surface area contributed by atoms with Gasteiger partial charge in [0, 0.05) is 24.2 Å². The molecule has 0 bridgehead atoms. The van der Waals surface area contributed by atoms with Gasteiger partial charge in [0.05, 0.1) is 18.0 Å². The van der Waals surface area contributed by atoms with Crippen molar-refractivity contribution in [3.63, 3.8) is 0 Å². The van der Waals surface area contributed by atoms with Crippen molar-refractivity contribution in [2.24, 2.45) is 0 Å². The molecule has 1 aromatic heterocycles. The standard InChI is InChI=1S/C14H19N3O/c1-10-4-3-5-12(6-10)14-13(9-16-17-14)8-15-7-11(2)18/h3-6,9,11,15,18H,7-8H2,1-2H3,(H,16,17). The van der Waals surface area contributed by atoms with E-state index in [0.717, 1.165) is 16.8 Å². The molecule has 0 radical (unpaired) electrons. The predicted molar refractivity (Wildman–Crippen MR) is 72.1 cm³/mol. The van der Waals surface area contributed by atoms with Gasteiger partial charge in [-0.1, -0.05) is 23.8 Å². The van der Waals surface area contributed by atoms with Crippen molar-refractivity contribution < 1.29 is 5.11 Å². The molecule has 0 saturated carbocycles. The van der Waals surface area contributed by atoms with Crippen LogP contribution in [0.3, 0.4) is 0 Å². The Bertz CT molecular complexity index is 505. The Balaban J connectivity index is 2.12. The Morgan fingerprint density at radius 1 is 1.44 bits per heavy atom. The van der Waals surface area contributed by atoms with E-state index in [4.69, 9.17) is 0 Å². The number of rotatable bonds is 5. The van der Waals surface area contributed by atoms with Crippen molar-refractivity contribution in [2.75, 3.05) is 6.54 Å². The third kappa shape index (κ3) is 3.18. The SMILES string of the molecule is Cc1cccc(-c2[nH]ncc2CNCC(C)O)c1. The molecule has 3 N–H and O–H groups in total. The summed E-state index contributed by atoms with van der Waals surface area (Å²) in [5.41, 5.74) is 4.52. The fourth-order valence-corrected chi connectivity index (χ4v) is 1.91. The minimum absolute atomic E-state index is 0.334. The molecule has 18 heavy (non-hydrogen) atoms. The zero-order valence-corrected chi connectivity index (χ0v) is 10.8. The van der Waals surface area contributed by atoms with Crippen molar-refractivity contribution in [2.45, 2.75) is 26.5 Å². The van der Waals surface area contributed by atoms with E-state index in [-0.39, 0.29) is 6.10 Å². The molecule has 0 aliphatic heterocycles. The van der Waals surface area contributed by atoms with Crippen molar-refractivity contribution in [3.8, 4) is 11.3 Å². The maximum Gasteiger partial charge on any atom is 0.0695 e. The van der Waals surface area contributed by atoms with Crippen LogP contribution in [-0.2, 0) is 6.54 Å². The first-order valence-electron chi connectivity index (χ1n) is 6.15. The van der Waals surface area contributed by atoms with Crippen LogP contribution in [0.1, 0.15) is 18.1 Å². The molecule has 1 aromatic carbocycles. The van der Waals surface area contributed by atoms with Gasteiger partial charge in [-0.05, 0) is 19.9 Å². The minimum Gasteiger partial charge on any atom is -0.392 e. The summed E-state index contributed by atoms with van der Waals surface area (Å²) in [5.74, 6) is 0. The number of aliphatic hydroxyl groups excluding tert-OH is 1. The van der Waals surface area contributed by atoms with Crippen LogP contribution in [-0.4, -0.2) is 28.0 Å². The van der Waals surface area contributed by atoms with E-state index in [1.807, 2.05) is 12.3 Å². The lowest BCUT2D eigenvalue weighted by atomic mass is 10.1. The maximum atomic E-state index is 9.22. The van der Waals surface area contributed by atoms with Gasteiger partial charge in [-0.25, -0.2) is 0 Å². The molecular formula is C14H19N3O. The molecule has 0 spiro atoms. The largest absolute Gasteiger partial charge is 0.392 e. The van der Waals surface area contributed by atoms with Crippen LogP contribution in [0.2, 0.25) is 0 Å². The quantitative estimate of drug-likeness (QED) is 0.753. The molecule has 1 heterocycles. The molecule has 1 unspecified atom stereocenters. The molecule has 0 aliphatic carbocycles. The summed E-state index contributed by atoms with van der Waals surface area (Å²) >= 11 is 0. The summed E-state index contributed by atoms with van der Waals surface area (Å²) in [7, 11) is 0. The highest BCUT2D eigenvalue weighted by atomic mass is 16.3. The van der Waals surface area contributed by atoms with Gasteiger partial charge >= 0.3 is 0 Å². The summed E-state index contributed by atoms with van der Waals surface area (Å²) in [6.07, 6.45) is 1.49. The topological polar surface area (TPSA) is 60.9 Å². The van der Waals surface area contributed by atoms with Crippen LogP contribution in [0.5, 0.6) is 0 Å². The fraction of sp³-hybridized carbons (Fsp3) is 0.357. The summed E-state index contributed by atoms with van der Waals surface area (Å²) in [4.78, 5) is 0. The third-order valence-corrected chi connectivity index (χ3v) is 2.78. The van der Waals surface area contributed by atoms with Crippen LogP contribution in [0, 0.1) is 6.92 Å². The van der Waals surface area contributed by atoms with Gasteiger partial charge in [-0.15, -0.1) is 0 Å². The minimum atomic E-state index is -0.334. The van der Waals surface area contributed by atoms with E-state index in [1.54, 1.807) is 6.92 Å². The Labute approximate surface area is 107 Å². The second-order valence-corrected chi connectivity index (χ2v) is 4.62. The second kappa shape index (κ2) is 5.80. The molecular weight excluding hydrogens is 226 g/mol. The van der Waals surface area contributed by atoms with E-state index in [2.05, 4.69) is 40.6 Å². The molecule has 96 valence electrons. The number of hydrogen-bond acceptors (Lipinski definition) is 3. The predicted octanol–water partition coefficient (Wildman–Crippen LogP) is 1.86. The van der Waals surface area contributed by atoms with Crippen molar-refractivity contribution >= 4 is 0 Å². The average molecular weight is 245 g/mol. The van der Waals surface area contributed by atoms with E-state index in [9.17, 15) is 5.11 Å². The molecule has 0 saturated heterocycles. The van der Waals surface area contributed by atoms with Gasteiger partial charge < -0.3 is 10.4 Å². The van der Waals surface area contributed by atoms with E-state index in [1.165, 1.54) is 5.56 Å². The fourth-order valence-electron chi connectivity index (χ4n) is 1.91. The number of H-pyrrole nitrogens is 1. The van der Waals surface area contributed by atoms with Crippen LogP contribution < -0.4 is 5.32 Å². The molecule has 0 amide bonds. The van der Waals surface area contributed by atoms with E-state index in [0.29, 0.717) is 13.1 Å². The van der Waals surface area contributed by atoms with Crippen molar-refractivity contribution in [1.82, 2.24) is 15.5 Å². The highest BCUT2D eigenvalue weighted by Gasteiger charge is 2.07. The molecule has 0 aliphatic rings. The van der Waals surface area contributed by atoms with E-state index < -0.39 is 0 Å². The van der Waals surface area contributed by atoms with Gasteiger partial charge in [0.1, 0.15) is 0 Å². The Hall–Kier alpha value is -1.65. The Morgan fingerprint density at radius 3 is 3.00 bits per heavy atom. The summed E-state index contributed by atoms with van der Waals surface area (Å²) in [5, 5.41) is 19.6. The van der Waals surface area contributed by atoms with Gasteiger partial charge in [-0.3, -0.25) is 5.10 Å². The smallest absolute Gasteiger partial charge is 0.0695 e. The first-order chi connectivity index (χ1) is 8.66. The van der Waals surface area contributed by atoms with E-state index >= 15 is 0 Å². The summed E-state index contributed by atoms with van der Waals surface area (Å²) < 4.78 is 0. The molecule has 4 nitrogen and oxygen atoms in total. The molecule has 2 aromatic rings. The Morgan fingerprint density at radius 2 is 2.28 bits per heavy atom. The lowest BCUT2D eigenvalue weighted by Crippen LogP contribution is -2.23. The maximum absolute atomic E-state index is 9.22. The molecule has 1 atom stereocenters. The number of benzene rings is 1. The van der Waals surface area contributed by atoms with Crippen LogP contribution in [0.4, 0.5) is 0 Å². The lowest BCUT2D eigenvalue weighted by Gasteiger charge is -2.07. The summed E-state index contributed by atoms with van der Waals surface area (Å²) in [6, 6.07) is 8.31. The number of aliphatic hydroxyl groups is 1. The third-order valence-electron chi connectivity index (χ3n) is 2.78. The number of aryl methyl sites for hydroxylation is 1. The monoisotopic (exact) mass is 245 g/mol. The lowest BCUT2D eigenvalue weighted by molar-refractivity contribution is 0.191. The van der Waals surface area contributed by atoms with Gasteiger partial charge in [0.15, 0.2) is 0 Å². The van der Waals surface area contributed by atoms with Crippen LogP contribution >= 0.6 is 0 Å². The van der Waals surface area contributed by atoms with Crippen LogP contribution in [0.25, 0.3) is 11.3 Å². The number of hydrogen-bond donors (Lipinski definition) is 3. The highest BCUT2D eigenvalue weighted by Crippen LogP contribution is 2.21. The number of aromatic nitrogens is 2. The first-order valence-corrected chi connectivity index (χ1v) is 6.15. The Kier molecular flexibility index (Phi) is 4.12. The van der Waals surface area contributed by atoms with Crippen molar-refractivity contribution in [1.29, 1.82) is 0 Å². The number of aromatic amines is 1. The molecule has 4 heteroatoms. The number of nitrogens with one attached hydrogen (secondary N) is 2. The number of nitrogens with zero attached hydrogens (tertiary/aromatic N) is 1. The first kappa shape index (κ1) is 12.8. The van der Waals surface area contributed by atoms with Gasteiger partial charge in [-0.2, -0.15) is 5.10 Å². The molecule has 2 rings (SSSR count). The van der Waals surface area contributed by atoms with Crippen molar-refractivity contribution in [3.05, 3.63) is 41.6 Å². The zero-order chi connectivity index (χ0) is 13.0. The van der Waals surface area contributed by atoms with Crippen LogP contribution in [0.15, 0.2) is 30.5 Å². The molecule has 0 fully saturated rings. The summed E-state index contributed by atoms with van der Waals surface area (Å²) in [6.45, 7) is 5.12. The average Bonchev–Trinajstić information content (AvgIpc) is 2.77. The highest BCUT2D eigenvalue weighted by molar-refractivity contribution is 5.63. The normalized spacial score (nSPS) is 12.6. The second-order valence-electron chi connectivity index (χ2n) is 4.62. The van der Waals surface area contributed by atoms with Gasteiger partial charge in [0.2, 0.25) is 0 Å². The zero-order valence-electron chi connectivity index (χ0n) is 10.8.